The Bertz CT molecular complexity index is 530. The molecule has 0 aromatic heterocycles. The Hall–Kier alpha value is -1.18. The van der Waals surface area contributed by atoms with Crippen molar-refractivity contribution < 1.29 is 0 Å². The molecule has 0 unspecified atom stereocenters. The van der Waals surface area contributed by atoms with Crippen molar-refractivity contribution in [2.75, 3.05) is 12.4 Å². The highest BCUT2D eigenvalue weighted by molar-refractivity contribution is 6.35. The Kier molecular flexibility index (Phi) is 3.60. The molecule has 0 saturated carbocycles. The maximum absolute atomic E-state index is 6.03. The molecule has 88 valence electrons. The summed E-state index contributed by atoms with van der Waals surface area (Å²) in [6.45, 7) is 2.07. The third-order valence-corrected chi connectivity index (χ3v) is 3.13. The van der Waals surface area contributed by atoms with Gasteiger partial charge >= 0.3 is 0 Å². The van der Waals surface area contributed by atoms with Gasteiger partial charge in [-0.3, -0.25) is 0 Å². The van der Waals surface area contributed by atoms with Gasteiger partial charge in [0.15, 0.2) is 0 Å². The Balaban J connectivity index is 2.63. The second-order valence-corrected chi connectivity index (χ2v) is 4.78. The maximum Gasteiger partial charge on any atom is 0.0446 e. The average molecular weight is 266 g/mol. The van der Waals surface area contributed by atoms with E-state index in [9.17, 15) is 0 Å². The minimum Gasteiger partial charge on any atom is -0.387 e. The molecular weight excluding hydrogens is 253 g/mol. The van der Waals surface area contributed by atoms with Crippen LogP contribution >= 0.6 is 23.2 Å². The van der Waals surface area contributed by atoms with Crippen LogP contribution in [0.3, 0.4) is 0 Å². The fourth-order valence-corrected chi connectivity index (χ4v) is 2.48. The summed E-state index contributed by atoms with van der Waals surface area (Å²) in [7, 11) is 1.91. The molecule has 0 amide bonds. The van der Waals surface area contributed by atoms with Crippen LogP contribution in [0, 0.1) is 6.92 Å². The largest absolute Gasteiger partial charge is 0.387 e. The third kappa shape index (κ3) is 2.56. The lowest BCUT2D eigenvalue weighted by Crippen LogP contribution is -1.95. The number of hydrogen-bond donors (Lipinski definition) is 1. The highest BCUT2D eigenvalue weighted by Gasteiger charge is 2.07. The summed E-state index contributed by atoms with van der Waals surface area (Å²) in [4.78, 5) is 0. The number of aryl methyl sites for hydroxylation is 1. The van der Waals surface area contributed by atoms with Crippen molar-refractivity contribution in [3.8, 4) is 11.1 Å². The predicted octanol–water partition coefficient (Wildman–Crippen LogP) is 5.01. The Morgan fingerprint density at radius 2 is 1.65 bits per heavy atom. The molecule has 0 spiro atoms. The lowest BCUT2D eigenvalue weighted by molar-refractivity contribution is 1.40. The van der Waals surface area contributed by atoms with Gasteiger partial charge in [0, 0.05) is 28.3 Å². The standard InChI is InChI=1S/C14H13Cl2N/c1-9-4-3-5-13(14(9)17-2)10-6-11(15)8-12(16)7-10/h3-8,17H,1-2H3. The Morgan fingerprint density at radius 3 is 2.24 bits per heavy atom. The summed E-state index contributed by atoms with van der Waals surface area (Å²) < 4.78 is 0. The molecular formula is C14H13Cl2N. The molecule has 0 atom stereocenters. The van der Waals surface area contributed by atoms with E-state index in [4.69, 9.17) is 23.2 Å². The van der Waals surface area contributed by atoms with Crippen molar-refractivity contribution in [3.63, 3.8) is 0 Å². The lowest BCUT2D eigenvalue weighted by atomic mass is 10.0. The molecule has 2 rings (SSSR count). The van der Waals surface area contributed by atoms with E-state index in [0.29, 0.717) is 10.0 Å². The summed E-state index contributed by atoms with van der Waals surface area (Å²) in [5.41, 5.74) is 4.43. The molecule has 0 aliphatic rings. The van der Waals surface area contributed by atoms with Gasteiger partial charge in [0.1, 0.15) is 0 Å². The first-order valence-corrected chi connectivity index (χ1v) is 6.11. The molecule has 0 saturated heterocycles. The normalized spacial score (nSPS) is 10.4. The number of halogens is 2. The summed E-state index contributed by atoms with van der Waals surface area (Å²) >= 11 is 12.1. The first-order valence-electron chi connectivity index (χ1n) is 5.35. The van der Waals surface area contributed by atoms with Gasteiger partial charge in [-0.1, -0.05) is 41.4 Å². The third-order valence-electron chi connectivity index (χ3n) is 2.70. The van der Waals surface area contributed by atoms with Crippen molar-refractivity contribution in [2.45, 2.75) is 6.92 Å². The first kappa shape index (κ1) is 12.3. The molecule has 1 N–H and O–H groups in total. The van der Waals surface area contributed by atoms with Crippen LogP contribution in [0.4, 0.5) is 5.69 Å². The van der Waals surface area contributed by atoms with E-state index in [-0.39, 0.29) is 0 Å². The zero-order chi connectivity index (χ0) is 12.4. The van der Waals surface area contributed by atoms with E-state index < -0.39 is 0 Å². The minimum atomic E-state index is 0.649. The fourth-order valence-electron chi connectivity index (χ4n) is 1.95. The van der Waals surface area contributed by atoms with E-state index in [1.807, 2.05) is 25.2 Å². The molecule has 0 bridgehead atoms. The number of nitrogens with one attached hydrogen (secondary N) is 1. The Labute approximate surface area is 111 Å². The van der Waals surface area contributed by atoms with Crippen LogP contribution in [0.15, 0.2) is 36.4 Å². The van der Waals surface area contributed by atoms with Crippen LogP contribution in [0.25, 0.3) is 11.1 Å². The first-order chi connectivity index (χ1) is 8.11. The monoisotopic (exact) mass is 265 g/mol. The van der Waals surface area contributed by atoms with Crippen LogP contribution in [-0.4, -0.2) is 7.05 Å². The number of para-hydroxylation sites is 1. The van der Waals surface area contributed by atoms with Gasteiger partial charge in [0.05, 0.1) is 0 Å². The molecule has 1 nitrogen and oxygen atoms in total. The molecule has 2 aromatic carbocycles. The summed E-state index contributed by atoms with van der Waals surface area (Å²) in [5.74, 6) is 0. The van der Waals surface area contributed by atoms with Gasteiger partial charge in [-0.15, -0.1) is 0 Å². The topological polar surface area (TPSA) is 12.0 Å². The molecule has 0 radical (unpaired) electrons. The van der Waals surface area contributed by atoms with Crippen molar-refractivity contribution in [1.82, 2.24) is 0 Å². The summed E-state index contributed by atoms with van der Waals surface area (Å²) in [6.07, 6.45) is 0. The van der Waals surface area contributed by atoms with Gasteiger partial charge in [-0.2, -0.15) is 0 Å². The molecule has 17 heavy (non-hydrogen) atoms. The highest BCUT2D eigenvalue weighted by atomic mass is 35.5. The number of benzene rings is 2. The van der Waals surface area contributed by atoms with Crippen LogP contribution in [0.5, 0.6) is 0 Å². The quantitative estimate of drug-likeness (QED) is 0.805. The predicted molar refractivity (Wildman–Crippen MR) is 76.2 cm³/mol. The maximum atomic E-state index is 6.03. The fraction of sp³-hybridized carbons (Fsp3) is 0.143. The van der Waals surface area contributed by atoms with Gasteiger partial charge in [0.2, 0.25) is 0 Å². The van der Waals surface area contributed by atoms with Crippen LogP contribution in [-0.2, 0) is 0 Å². The molecule has 3 heteroatoms. The summed E-state index contributed by atoms with van der Waals surface area (Å²) in [5, 5.41) is 4.51. The van der Waals surface area contributed by atoms with Crippen molar-refractivity contribution in [1.29, 1.82) is 0 Å². The second kappa shape index (κ2) is 4.99. The number of hydrogen-bond acceptors (Lipinski definition) is 1. The van der Waals surface area contributed by atoms with Crippen molar-refractivity contribution >= 4 is 28.9 Å². The zero-order valence-corrected chi connectivity index (χ0v) is 11.2. The number of anilines is 1. The SMILES string of the molecule is CNc1c(C)cccc1-c1cc(Cl)cc(Cl)c1. The van der Waals surface area contributed by atoms with E-state index >= 15 is 0 Å². The number of rotatable bonds is 2. The van der Waals surface area contributed by atoms with E-state index in [0.717, 1.165) is 16.8 Å². The van der Waals surface area contributed by atoms with E-state index in [1.165, 1.54) is 5.56 Å². The second-order valence-electron chi connectivity index (χ2n) is 3.91. The smallest absolute Gasteiger partial charge is 0.0446 e. The molecule has 0 aliphatic heterocycles. The summed E-state index contributed by atoms with van der Waals surface area (Å²) in [6, 6.07) is 11.7. The molecule has 0 fully saturated rings. The zero-order valence-electron chi connectivity index (χ0n) is 9.72. The highest BCUT2D eigenvalue weighted by Crippen LogP contribution is 2.33. The van der Waals surface area contributed by atoms with Crippen LogP contribution in [0.1, 0.15) is 5.56 Å². The van der Waals surface area contributed by atoms with Crippen molar-refractivity contribution in [3.05, 3.63) is 52.0 Å². The Morgan fingerprint density at radius 1 is 1.00 bits per heavy atom. The molecule has 2 aromatic rings. The van der Waals surface area contributed by atoms with Gasteiger partial charge in [-0.05, 0) is 36.2 Å². The minimum absolute atomic E-state index is 0.649. The van der Waals surface area contributed by atoms with Crippen molar-refractivity contribution in [2.24, 2.45) is 0 Å². The van der Waals surface area contributed by atoms with E-state index in [1.54, 1.807) is 6.07 Å². The average Bonchev–Trinajstić information content (AvgIpc) is 2.27. The van der Waals surface area contributed by atoms with Crippen LogP contribution in [0.2, 0.25) is 10.0 Å². The molecule has 0 heterocycles. The molecule has 0 aliphatic carbocycles. The lowest BCUT2D eigenvalue weighted by Gasteiger charge is -2.12. The van der Waals surface area contributed by atoms with Gasteiger partial charge < -0.3 is 5.32 Å². The van der Waals surface area contributed by atoms with Gasteiger partial charge in [0.25, 0.3) is 0 Å². The van der Waals surface area contributed by atoms with Gasteiger partial charge in [-0.25, -0.2) is 0 Å². The van der Waals surface area contributed by atoms with Crippen LogP contribution < -0.4 is 5.32 Å². The van der Waals surface area contributed by atoms with E-state index in [2.05, 4.69) is 24.4 Å².